The number of nitrogens with one attached hydrogen (secondary N) is 1. The molecule has 1 atom stereocenters. The van der Waals surface area contributed by atoms with Crippen molar-refractivity contribution in [3.05, 3.63) is 45.6 Å². The number of nitrogens with zero attached hydrogens (tertiary/aromatic N) is 4. The van der Waals surface area contributed by atoms with Crippen LogP contribution >= 0.6 is 11.6 Å². The molecule has 0 saturated carbocycles. The number of fused-ring (bicyclic) bond motifs is 1. The molecule has 9 nitrogen and oxygen atoms in total. The minimum absolute atomic E-state index is 0.00357. The maximum Gasteiger partial charge on any atom is 0.365 e. The summed E-state index contributed by atoms with van der Waals surface area (Å²) in [5.41, 5.74) is 0.0121. The maximum absolute atomic E-state index is 12.8. The molecule has 1 N–H and O–H groups in total. The lowest BCUT2D eigenvalue weighted by molar-refractivity contribution is -0.122. The number of hydrogen-bond donors (Lipinski definition) is 1. The molecular formula is C17H18ClN5O4. The van der Waals surface area contributed by atoms with Crippen molar-refractivity contribution in [2.45, 2.75) is 32.0 Å². The lowest BCUT2D eigenvalue weighted by atomic mass is 10.2. The van der Waals surface area contributed by atoms with E-state index < -0.39 is 11.7 Å². The highest BCUT2D eigenvalue weighted by molar-refractivity contribution is 6.30. The van der Waals surface area contributed by atoms with Gasteiger partial charge >= 0.3 is 11.7 Å². The average molecular weight is 392 g/mol. The number of carbonyl (C=O) groups excluding carboxylic acids is 2. The van der Waals surface area contributed by atoms with Crippen LogP contribution in [0.1, 0.15) is 18.7 Å². The molecule has 2 aliphatic heterocycles. The SMILES string of the molecule is O=C(Cn1c(=O)nc2n1C(=O)N(c1ccc(Cl)cc1)C2)NC[C@H]1CCCO1. The Balaban J connectivity index is 1.48. The van der Waals surface area contributed by atoms with Gasteiger partial charge in [-0.25, -0.2) is 14.3 Å². The van der Waals surface area contributed by atoms with Gasteiger partial charge in [-0.05, 0) is 37.1 Å². The van der Waals surface area contributed by atoms with Crippen molar-refractivity contribution in [2.75, 3.05) is 18.1 Å². The van der Waals surface area contributed by atoms with E-state index in [0.29, 0.717) is 29.7 Å². The Hall–Kier alpha value is -2.65. The van der Waals surface area contributed by atoms with Crippen LogP contribution < -0.4 is 15.9 Å². The molecule has 1 saturated heterocycles. The van der Waals surface area contributed by atoms with Gasteiger partial charge in [-0.3, -0.25) is 9.69 Å². The predicted octanol–water partition coefficient (Wildman–Crippen LogP) is 0.982. The fourth-order valence-electron chi connectivity index (χ4n) is 3.27. The standard InChI is InChI=1S/C17H18ClN5O4/c18-11-3-5-12(6-4-11)21-9-14-20-16(25)22(23(14)17(21)26)10-15(24)19-8-13-2-1-7-27-13/h3-6,13H,1-2,7-10H2,(H,19,24)/t13-/m1/s1. The summed E-state index contributed by atoms with van der Waals surface area (Å²) >= 11 is 5.88. The first-order chi connectivity index (χ1) is 13.0. The second-order valence-electron chi connectivity index (χ2n) is 6.46. The smallest absolute Gasteiger partial charge is 0.365 e. The largest absolute Gasteiger partial charge is 0.376 e. The first-order valence-corrected chi connectivity index (χ1v) is 9.05. The zero-order valence-corrected chi connectivity index (χ0v) is 15.2. The molecule has 0 aliphatic carbocycles. The number of benzene rings is 1. The van der Waals surface area contributed by atoms with Gasteiger partial charge in [-0.2, -0.15) is 9.67 Å². The van der Waals surface area contributed by atoms with Crippen LogP contribution in [0, 0.1) is 0 Å². The van der Waals surface area contributed by atoms with E-state index in [9.17, 15) is 14.4 Å². The number of carbonyl (C=O) groups is 2. The molecule has 1 aromatic carbocycles. The third-order valence-corrected chi connectivity index (χ3v) is 4.88. The second-order valence-corrected chi connectivity index (χ2v) is 6.90. The summed E-state index contributed by atoms with van der Waals surface area (Å²) in [6.07, 6.45) is 1.88. The van der Waals surface area contributed by atoms with Crippen molar-refractivity contribution in [2.24, 2.45) is 0 Å². The van der Waals surface area contributed by atoms with Crippen molar-refractivity contribution in [1.82, 2.24) is 19.7 Å². The number of rotatable bonds is 5. The van der Waals surface area contributed by atoms with Crippen molar-refractivity contribution in [3.8, 4) is 0 Å². The van der Waals surface area contributed by atoms with E-state index >= 15 is 0 Å². The summed E-state index contributed by atoms with van der Waals surface area (Å²) in [5, 5.41) is 3.30. The molecule has 3 heterocycles. The Morgan fingerprint density at radius 3 is 2.78 bits per heavy atom. The third-order valence-electron chi connectivity index (χ3n) is 4.63. The molecule has 2 amide bonds. The molecule has 0 bridgehead atoms. The van der Waals surface area contributed by atoms with Gasteiger partial charge < -0.3 is 10.1 Å². The van der Waals surface area contributed by atoms with Gasteiger partial charge in [0.2, 0.25) is 5.91 Å². The first kappa shape index (κ1) is 17.7. The third kappa shape index (κ3) is 3.47. The molecule has 0 radical (unpaired) electrons. The van der Waals surface area contributed by atoms with Crippen LogP contribution in [0.3, 0.4) is 0 Å². The van der Waals surface area contributed by atoms with Crippen LogP contribution in [0.5, 0.6) is 0 Å². The molecule has 1 aromatic heterocycles. The molecule has 0 spiro atoms. The highest BCUT2D eigenvalue weighted by Gasteiger charge is 2.33. The Bertz CT molecular complexity index is 930. The van der Waals surface area contributed by atoms with Gasteiger partial charge in [-0.15, -0.1) is 0 Å². The summed E-state index contributed by atoms with van der Waals surface area (Å²) in [4.78, 5) is 42.5. The highest BCUT2D eigenvalue weighted by Crippen LogP contribution is 2.24. The van der Waals surface area contributed by atoms with E-state index in [1.165, 1.54) is 4.90 Å². The molecule has 1 fully saturated rings. The lowest BCUT2D eigenvalue weighted by Crippen LogP contribution is -2.40. The van der Waals surface area contributed by atoms with E-state index in [-0.39, 0.29) is 25.1 Å². The highest BCUT2D eigenvalue weighted by atomic mass is 35.5. The molecule has 2 aliphatic rings. The van der Waals surface area contributed by atoms with Gasteiger partial charge in [0.25, 0.3) is 0 Å². The van der Waals surface area contributed by atoms with E-state index in [2.05, 4.69) is 10.3 Å². The summed E-state index contributed by atoms with van der Waals surface area (Å²) in [7, 11) is 0. The van der Waals surface area contributed by atoms with E-state index in [0.717, 1.165) is 22.2 Å². The van der Waals surface area contributed by atoms with Crippen LogP contribution in [-0.2, 0) is 22.6 Å². The van der Waals surface area contributed by atoms with Crippen LogP contribution in [0.25, 0.3) is 0 Å². The summed E-state index contributed by atoms with van der Waals surface area (Å²) < 4.78 is 7.66. The van der Waals surface area contributed by atoms with E-state index in [1.807, 2.05) is 0 Å². The number of ether oxygens (including phenoxy) is 1. The zero-order valence-electron chi connectivity index (χ0n) is 14.4. The Labute approximate surface area is 159 Å². The van der Waals surface area contributed by atoms with Gasteiger partial charge in [0.05, 0.1) is 12.6 Å². The Morgan fingerprint density at radius 2 is 2.07 bits per heavy atom. The minimum atomic E-state index is -0.624. The Kier molecular flexibility index (Phi) is 4.71. The average Bonchev–Trinajstić information content (AvgIpc) is 3.34. The van der Waals surface area contributed by atoms with Crippen molar-refractivity contribution < 1.29 is 14.3 Å². The van der Waals surface area contributed by atoms with Crippen molar-refractivity contribution in [3.63, 3.8) is 0 Å². The first-order valence-electron chi connectivity index (χ1n) is 8.67. The van der Waals surface area contributed by atoms with Gasteiger partial charge in [-0.1, -0.05) is 11.6 Å². The summed E-state index contributed by atoms with van der Waals surface area (Å²) in [6, 6.07) is 6.34. The molecular weight excluding hydrogens is 374 g/mol. The fourth-order valence-corrected chi connectivity index (χ4v) is 3.39. The molecule has 0 unspecified atom stereocenters. The number of halogens is 1. The van der Waals surface area contributed by atoms with E-state index in [4.69, 9.17) is 16.3 Å². The molecule has 142 valence electrons. The predicted molar refractivity (Wildman–Crippen MR) is 96.9 cm³/mol. The van der Waals surface area contributed by atoms with Crippen molar-refractivity contribution in [1.29, 1.82) is 0 Å². The normalized spacial score (nSPS) is 18.8. The lowest BCUT2D eigenvalue weighted by Gasteiger charge is -2.16. The fraction of sp³-hybridized carbons (Fsp3) is 0.412. The summed E-state index contributed by atoms with van der Waals surface area (Å²) in [6.45, 7) is 0.962. The van der Waals surface area contributed by atoms with E-state index in [1.54, 1.807) is 24.3 Å². The van der Waals surface area contributed by atoms with Crippen molar-refractivity contribution >= 4 is 29.2 Å². The monoisotopic (exact) mass is 391 g/mol. The zero-order chi connectivity index (χ0) is 19.0. The van der Waals surface area contributed by atoms with Crippen LogP contribution in [0.2, 0.25) is 5.02 Å². The van der Waals surface area contributed by atoms with Gasteiger partial charge in [0.15, 0.2) is 5.82 Å². The number of anilines is 1. The number of amides is 2. The second kappa shape index (κ2) is 7.16. The molecule has 4 rings (SSSR count). The van der Waals surface area contributed by atoms with Crippen LogP contribution in [0.4, 0.5) is 10.5 Å². The van der Waals surface area contributed by atoms with Gasteiger partial charge in [0, 0.05) is 23.9 Å². The Morgan fingerprint density at radius 1 is 1.30 bits per heavy atom. The topological polar surface area (TPSA) is 98.5 Å². The minimum Gasteiger partial charge on any atom is -0.376 e. The van der Waals surface area contributed by atoms with Gasteiger partial charge in [0.1, 0.15) is 6.54 Å². The summed E-state index contributed by atoms with van der Waals surface area (Å²) in [5.74, 6) is -0.0695. The quantitative estimate of drug-likeness (QED) is 0.819. The molecule has 27 heavy (non-hydrogen) atoms. The molecule has 2 aromatic rings. The number of hydrogen-bond acceptors (Lipinski definition) is 5. The van der Waals surface area contributed by atoms with Crippen LogP contribution in [-0.4, -0.2) is 45.5 Å². The van der Waals surface area contributed by atoms with Crippen LogP contribution in [0.15, 0.2) is 29.1 Å². The number of aromatic nitrogens is 3. The maximum atomic E-state index is 12.8. The molecule has 10 heteroatoms.